The highest BCUT2D eigenvalue weighted by Gasteiger charge is 2.35. The van der Waals surface area contributed by atoms with E-state index >= 15 is 0 Å². The summed E-state index contributed by atoms with van der Waals surface area (Å²) >= 11 is 6.20. The summed E-state index contributed by atoms with van der Waals surface area (Å²) in [6.45, 7) is 5.10. The Kier molecular flexibility index (Phi) is 5.92. The number of fused-ring (bicyclic) bond motifs is 1. The molecule has 29 heavy (non-hydrogen) atoms. The van der Waals surface area contributed by atoms with Crippen LogP contribution in [0.5, 0.6) is 5.75 Å². The zero-order chi connectivity index (χ0) is 20.6. The molecule has 6 heteroatoms. The van der Waals surface area contributed by atoms with Gasteiger partial charge >= 0.3 is 0 Å². The van der Waals surface area contributed by atoms with Gasteiger partial charge in [0, 0.05) is 36.3 Å². The van der Waals surface area contributed by atoms with E-state index in [-0.39, 0.29) is 0 Å². The van der Waals surface area contributed by atoms with E-state index in [1.807, 2.05) is 6.07 Å². The van der Waals surface area contributed by atoms with Crippen molar-refractivity contribution in [1.82, 2.24) is 4.90 Å². The lowest BCUT2D eigenvalue weighted by molar-refractivity contribution is 0.195. The van der Waals surface area contributed by atoms with Crippen LogP contribution in [-0.2, 0) is 22.7 Å². The highest BCUT2D eigenvalue weighted by Crippen LogP contribution is 2.32. The van der Waals surface area contributed by atoms with Crippen molar-refractivity contribution in [3.8, 4) is 5.75 Å². The van der Waals surface area contributed by atoms with Crippen LogP contribution >= 0.6 is 11.6 Å². The molecule has 0 amide bonds. The molecule has 3 unspecified atom stereocenters. The van der Waals surface area contributed by atoms with Gasteiger partial charge in [-0.1, -0.05) is 24.6 Å². The van der Waals surface area contributed by atoms with Crippen LogP contribution in [0.2, 0.25) is 5.02 Å². The second kappa shape index (κ2) is 8.29. The minimum Gasteiger partial charge on any atom is -0.493 e. The van der Waals surface area contributed by atoms with Gasteiger partial charge in [-0.2, -0.15) is 0 Å². The van der Waals surface area contributed by atoms with Gasteiger partial charge in [-0.05, 0) is 72.7 Å². The molecule has 1 saturated heterocycles. The van der Waals surface area contributed by atoms with Crippen LogP contribution in [0.4, 0.5) is 0 Å². The molecule has 0 spiro atoms. The standard InChI is InChI=1S/C23H28ClNO3S/c1-16-13-25(21-6-4-17-3-5-20(24)11-18(17)12-21)14-19(16)15-28-22-7-9-23(10-8-22)29(2,26)27/h3,5,7-11,16,19,21H,4,6,12-15H2,1-2H3. The lowest BCUT2D eigenvalue weighted by atomic mass is 9.87. The summed E-state index contributed by atoms with van der Waals surface area (Å²) < 4.78 is 29.2. The van der Waals surface area contributed by atoms with Crippen molar-refractivity contribution in [3.63, 3.8) is 0 Å². The molecule has 0 N–H and O–H groups in total. The SMILES string of the molecule is CC1CN(C2CCc3ccc(Cl)cc3C2)CC1COc1ccc(S(C)(=O)=O)cc1. The summed E-state index contributed by atoms with van der Waals surface area (Å²) in [5.74, 6) is 1.78. The quantitative estimate of drug-likeness (QED) is 0.707. The van der Waals surface area contributed by atoms with Crippen LogP contribution in [0.15, 0.2) is 47.4 Å². The monoisotopic (exact) mass is 433 g/mol. The van der Waals surface area contributed by atoms with E-state index in [4.69, 9.17) is 16.3 Å². The van der Waals surface area contributed by atoms with Gasteiger partial charge in [-0.25, -0.2) is 8.42 Å². The molecule has 2 aromatic rings. The van der Waals surface area contributed by atoms with E-state index in [1.54, 1.807) is 24.3 Å². The summed E-state index contributed by atoms with van der Waals surface area (Å²) in [4.78, 5) is 2.94. The molecule has 0 aromatic heterocycles. The highest BCUT2D eigenvalue weighted by molar-refractivity contribution is 7.90. The molecular weight excluding hydrogens is 406 g/mol. The maximum absolute atomic E-state index is 11.6. The topological polar surface area (TPSA) is 46.6 Å². The number of hydrogen-bond donors (Lipinski definition) is 0. The zero-order valence-electron chi connectivity index (χ0n) is 17.0. The number of ether oxygens (including phenoxy) is 1. The Hall–Kier alpha value is -1.56. The fourth-order valence-corrected chi connectivity index (χ4v) is 5.42. The number of nitrogens with zero attached hydrogens (tertiary/aromatic N) is 1. The third kappa shape index (κ3) is 4.79. The van der Waals surface area contributed by atoms with Crippen molar-refractivity contribution in [2.24, 2.45) is 11.8 Å². The predicted octanol–water partition coefficient (Wildman–Crippen LogP) is 4.25. The Balaban J connectivity index is 1.34. The fourth-order valence-electron chi connectivity index (χ4n) is 4.59. The molecule has 1 aliphatic carbocycles. The average molecular weight is 434 g/mol. The van der Waals surface area contributed by atoms with Crippen LogP contribution in [0, 0.1) is 11.8 Å². The first kappa shape index (κ1) is 20.7. The van der Waals surface area contributed by atoms with E-state index in [2.05, 4.69) is 24.0 Å². The normalized spacial score (nSPS) is 25.0. The molecule has 1 aliphatic heterocycles. The minimum absolute atomic E-state index is 0.322. The molecule has 3 atom stereocenters. The number of hydrogen-bond acceptors (Lipinski definition) is 4. The number of halogens is 1. The van der Waals surface area contributed by atoms with Crippen molar-refractivity contribution in [2.75, 3.05) is 26.0 Å². The van der Waals surface area contributed by atoms with Crippen LogP contribution in [0.3, 0.4) is 0 Å². The second-order valence-electron chi connectivity index (χ2n) is 8.56. The number of sulfone groups is 1. The number of rotatable bonds is 5. The predicted molar refractivity (Wildman–Crippen MR) is 117 cm³/mol. The van der Waals surface area contributed by atoms with Gasteiger partial charge in [-0.15, -0.1) is 0 Å². The number of likely N-dealkylation sites (tertiary alicyclic amines) is 1. The summed E-state index contributed by atoms with van der Waals surface area (Å²) in [7, 11) is -3.17. The molecular formula is C23H28ClNO3S. The molecule has 1 fully saturated rings. The molecule has 0 saturated carbocycles. The second-order valence-corrected chi connectivity index (χ2v) is 11.0. The highest BCUT2D eigenvalue weighted by atomic mass is 35.5. The summed E-state index contributed by atoms with van der Waals surface area (Å²) in [6.07, 6.45) is 4.61. The van der Waals surface area contributed by atoms with Gasteiger partial charge < -0.3 is 4.74 Å². The molecule has 0 bridgehead atoms. The van der Waals surface area contributed by atoms with E-state index < -0.39 is 9.84 Å². The number of aryl methyl sites for hydroxylation is 1. The van der Waals surface area contributed by atoms with Gasteiger partial charge in [0.25, 0.3) is 0 Å². The van der Waals surface area contributed by atoms with Crippen molar-refractivity contribution < 1.29 is 13.2 Å². The molecule has 2 aromatic carbocycles. The molecule has 4 rings (SSSR count). The molecule has 2 aliphatic rings. The van der Waals surface area contributed by atoms with Gasteiger partial charge in [0.2, 0.25) is 0 Å². The first-order valence-electron chi connectivity index (χ1n) is 10.2. The maximum atomic E-state index is 11.6. The Bertz CT molecular complexity index is 974. The maximum Gasteiger partial charge on any atom is 0.175 e. The first-order chi connectivity index (χ1) is 13.8. The third-order valence-corrected chi connectivity index (χ3v) is 7.76. The van der Waals surface area contributed by atoms with Crippen LogP contribution in [0.25, 0.3) is 0 Å². The van der Waals surface area contributed by atoms with Gasteiger partial charge in [0.05, 0.1) is 11.5 Å². The zero-order valence-corrected chi connectivity index (χ0v) is 18.5. The minimum atomic E-state index is -3.17. The molecule has 1 heterocycles. The molecule has 4 nitrogen and oxygen atoms in total. The summed E-state index contributed by atoms with van der Waals surface area (Å²) in [6, 6.07) is 13.6. The van der Waals surface area contributed by atoms with Crippen molar-refractivity contribution in [2.45, 2.75) is 37.1 Å². The Labute approximate surface area is 178 Å². The van der Waals surface area contributed by atoms with Gasteiger partial charge in [0.1, 0.15) is 5.75 Å². The average Bonchev–Trinajstić information content (AvgIpc) is 3.06. The van der Waals surface area contributed by atoms with E-state index in [0.29, 0.717) is 29.4 Å². The van der Waals surface area contributed by atoms with Gasteiger partial charge in [0.15, 0.2) is 9.84 Å². The fraction of sp³-hybridized carbons (Fsp3) is 0.478. The van der Waals surface area contributed by atoms with E-state index in [9.17, 15) is 8.42 Å². The summed E-state index contributed by atoms with van der Waals surface area (Å²) in [5.41, 5.74) is 2.84. The summed E-state index contributed by atoms with van der Waals surface area (Å²) in [5, 5.41) is 0.826. The van der Waals surface area contributed by atoms with Crippen LogP contribution in [-0.4, -0.2) is 45.3 Å². The van der Waals surface area contributed by atoms with Crippen molar-refractivity contribution in [3.05, 3.63) is 58.6 Å². The van der Waals surface area contributed by atoms with E-state index in [1.165, 1.54) is 23.8 Å². The van der Waals surface area contributed by atoms with Crippen LogP contribution < -0.4 is 4.74 Å². The Morgan fingerprint density at radius 2 is 1.86 bits per heavy atom. The number of benzene rings is 2. The third-order valence-electron chi connectivity index (χ3n) is 6.40. The van der Waals surface area contributed by atoms with Crippen molar-refractivity contribution in [1.29, 1.82) is 0 Å². The lowest BCUT2D eigenvalue weighted by Gasteiger charge is -2.32. The van der Waals surface area contributed by atoms with E-state index in [0.717, 1.165) is 36.7 Å². The Morgan fingerprint density at radius 1 is 1.10 bits per heavy atom. The molecule has 0 radical (unpaired) electrons. The lowest BCUT2D eigenvalue weighted by Crippen LogP contribution is -2.38. The van der Waals surface area contributed by atoms with Crippen molar-refractivity contribution >= 4 is 21.4 Å². The first-order valence-corrected chi connectivity index (χ1v) is 12.5. The van der Waals surface area contributed by atoms with Gasteiger partial charge in [-0.3, -0.25) is 4.90 Å². The Morgan fingerprint density at radius 3 is 2.59 bits per heavy atom. The smallest absolute Gasteiger partial charge is 0.175 e. The molecule has 156 valence electrons. The van der Waals surface area contributed by atoms with Crippen LogP contribution in [0.1, 0.15) is 24.5 Å². The largest absolute Gasteiger partial charge is 0.493 e.